The van der Waals surface area contributed by atoms with E-state index in [0.717, 1.165) is 59.0 Å². The zero-order valence-corrected chi connectivity index (χ0v) is 19.0. The van der Waals surface area contributed by atoms with Crippen LogP contribution in [0.4, 0.5) is 0 Å². The summed E-state index contributed by atoms with van der Waals surface area (Å²) < 4.78 is 16.6. The van der Waals surface area contributed by atoms with Crippen molar-refractivity contribution in [2.45, 2.75) is 32.2 Å². The molecule has 0 spiro atoms. The van der Waals surface area contributed by atoms with E-state index in [-0.39, 0.29) is 11.9 Å². The highest BCUT2D eigenvalue weighted by Gasteiger charge is 2.31. The Labute approximate surface area is 194 Å². The van der Waals surface area contributed by atoms with Crippen molar-refractivity contribution in [2.24, 2.45) is 0 Å². The highest BCUT2D eigenvalue weighted by molar-refractivity contribution is 5.80. The smallest absolute Gasteiger partial charge is 0.227 e. The molecule has 6 heteroatoms. The molecule has 1 amide bonds. The number of hydrogen-bond acceptors (Lipinski definition) is 5. The minimum atomic E-state index is -0.00777. The minimum Gasteiger partial charge on any atom is -0.497 e. The maximum atomic E-state index is 13.3. The maximum absolute atomic E-state index is 13.3. The molecule has 0 saturated carbocycles. The van der Waals surface area contributed by atoms with Gasteiger partial charge in [-0.25, -0.2) is 0 Å². The van der Waals surface area contributed by atoms with Gasteiger partial charge in [0, 0.05) is 12.2 Å². The number of benzene rings is 2. The monoisotopic (exact) mass is 444 g/mol. The lowest BCUT2D eigenvalue weighted by Crippen LogP contribution is -2.32. The number of aryl methyl sites for hydroxylation is 1. The normalized spacial score (nSPS) is 17.2. The zero-order valence-electron chi connectivity index (χ0n) is 19.0. The first-order valence-electron chi connectivity index (χ1n) is 11.4. The van der Waals surface area contributed by atoms with Crippen LogP contribution in [0, 0.1) is 6.92 Å². The maximum Gasteiger partial charge on any atom is 0.227 e. The summed E-state index contributed by atoms with van der Waals surface area (Å²) >= 11 is 0. The summed E-state index contributed by atoms with van der Waals surface area (Å²) in [5, 5.41) is 0. The second kappa shape index (κ2) is 9.14. The number of carbonyl (C=O) groups excluding carboxylic acids is 1. The molecule has 3 heterocycles. The summed E-state index contributed by atoms with van der Waals surface area (Å²) in [6.07, 6.45) is 2.24. The van der Waals surface area contributed by atoms with E-state index in [1.54, 1.807) is 7.11 Å². The third kappa shape index (κ3) is 4.51. The van der Waals surface area contributed by atoms with Crippen LogP contribution in [-0.4, -0.2) is 42.7 Å². The van der Waals surface area contributed by atoms with Crippen LogP contribution in [0.5, 0.6) is 17.2 Å². The molecule has 0 aliphatic carbocycles. The molecule has 5 rings (SSSR count). The minimum absolute atomic E-state index is 0.00777. The quantitative estimate of drug-likeness (QED) is 0.569. The summed E-state index contributed by atoms with van der Waals surface area (Å²) in [7, 11) is 1.67. The first-order valence-corrected chi connectivity index (χ1v) is 11.4. The molecule has 2 aliphatic heterocycles. The number of carbonyl (C=O) groups is 1. The predicted octanol–water partition coefficient (Wildman–Crippen LogP) is 4.74. The van der Waals surface area contributed by atoms with Crippen LogP contribution >= 0.6 is 0 Å². The van der Waals surface area contributed by atoms with E-state index in [1.807, 2.05) is 42.2 Å². The van der Waals surface area contributed by atoms with Gasteiger partial charge in [0.05, 0.1) is 25.3 Å². The van der Waals surface area contributed by atoms with Gasteiger partial charge in [0.2, 0.25) is 5.91 Å². The van der Waals surface area contributed by atoms with Gasteiger partial charge in [0.15, 0.2) is 11.5 Å². The molecular weight excluding hydrogens is 416 g/mol. The van der Waals surface area contributed by atoms with Gasteiger partial charge in [-0.15, -0.1) is 0 Å². The molecule has 0 unspecified atom stereocenters. The van der Waals surface area contributed by atoms with Crippen molar-refractivity contribution in [2.75, 3.05) is 26.9 Å². The average Bonchev–Trinajstić information content (AvgIpc) is 3.34. The van der Waals surface area contributed by atoms with Crippen molar-refractivity contribution < 1.29 is 19.0 Å². The molecule has 170 valence electrons. The number of likely N-dealkylation sites (tertiary alicyclic amines) is 1. The number of methoxy groups -OCH3 is 1. The first kappa shape index (κ1) is 21.3. The Hall–Kier alpha value is -3.54. The zero-order chi connectivity index (χ0) is 22.8. The topological polar surface area (TPSA) is 60.9 Å². The van der Waals surface area contributed by atoms with Crippen LogP contribution in [0.25, 0.3) is 11.1 Å². The molecule has 1 saturated heterocycles. The Morgan fingerprint density at radius 3 is 2.61 bits per heavy atom. The van der Waals surface area contributed by atoms with Gasteiger partial charge in [-0.3, -0.25) is 9.78 Å². The summed E-state index contributed by atoms with van der Waals surface area (Å²) in [6, 6.07) is 18.0. The molecule has 33 heavy (non-hydrogen) atoms. The number of nitrogens with zero attached hydrogens (tertiary/aromatic N) is 2. The van der Waals surface area contributed by atoms with Crippen molar-refractivity contribution in [3.63, 3.8) is 0 Å². The van der Waals surface area contributed by atoms with E-state index < -0.39 is 0 Å². The van der Waals surface area contributed by atoms with Gasteiger partial charge in [-0.1, -0.05) is 18.2 Å². The molecule has 2 aromatic carbocycles. The predicted molar refractivity (Wildman–Crippen MR) is 126 cm³/mol. The average molecular weight is 445 g/mol. The summed E-state index contributed by atoms with van der Waals surface area (Å²) in [6.45, 7) is 3.85. The van der Waals surface area contributed by atoms with Crippen molar-refractivity contribution in [3.05, 3.63) is 71.5 Å². The lowest BCUT2D eigenvalue weighted by Gasteiger charge is -2.25. The molecule has 0 N–H and O–H groups in total. The number of ether oxygens (including phenoxy) is 3. The number of amides is 1. The van der Waals surface area contributed by atoms with Crippen molar-refractivity contribution in [1.82, 2.24) is 9.88 Å². The van der Waals surface area contributed by atoms with Gasteiger partial charge in [-0.05, 0) is 72.9 Å². The van der Waals surface area contributed by atoms with Crippen LogP contribution in [0.15, 0.2) is 54.6 Å². The van der Waals surface area contributed by atoms with E-state index in [1.165, 1.54) is 0 Å². The fourth-order valence-electron chi connectivity index (χ4n) is 4.66. The van der Waals surface area contributed by atoms with Gasteiger partial charge in [-0.2, -0.15) is 0 Å². The Morgan fingerprint density at radius 1 is 1.03 bits per heavy atom. The highest BCUT2D eigenvalue weighted by atomic mass is 16.6. The van der Waals surface area contributed by atoms with Crippen LogP contribution in [0.3, 0.4) is 0 Å². The van der Waals surface area contributed by atoms with Crippen LogP contribution in [0.2, 0.25) is 0 Å². The SMILES string of the molecule is COc1ccc(-c2cc(C)nc([C@@H]3CCCN3C(=O)Cc3ccc4c(c3)OCCO4)c2)cc1. The first-order chi connectivity index (χ1) is 16.1. The molecule has 0 bridgehead atoms. The van der Waals surface area contributed by atoms with Crippen molar-refractivity contribution >= 4 is 5.91 Å². The van der Waals surface area contributed by atoms with E-state index >= 15 is 0 Å². The van der Waals surface area contributed by atoms with Gasteiger partial charge >= 0.3 is 0 Å². The van der Waals surface area contributed by atoms with Crippen molar-refractivity contribution in [3.8, 4) is 28.4 Å². The molecule has 0 radical (unpaired) electrons. The van der Waals surface area contributed by atoms with E-state index in [9.17, 15) is 4.79 Å². The third-order valence-electron chi connectivity index (χ3n) is 6.27. The Balaban J connectivity index is 1.36. The molecule has 1 atom stereocenters. The fourth-order valence-corrected chi connectivity index (χ4v) is 4.66. The van der Waals surface area contributed by atoms with E-state index in [4.69, 9.17) is 19.2 Å². The largest absolute Gasteiger partial charge is 0.497 e. The van der Waals surface area contributed by atoms with Gasteiger partial charge in [0.1, 0.15) is 19.0 Å². The number of fused-ring (bicyclic) bond motifs is 1. The Kier molecular flexibility index (Phi) is 5.90. The highest BCUT2D eigenvalue weighted by Crippen LogP contribution is 2.35. The number of hydrogen-bond donors (Lipinski definition) is 0. The molecule has 3 aromatic rings. The summed E-state index contributed by atoms with van der Waals surface area (Å²) in [5.41, 5.74) is 5.05. The van der Waals surface area contributed by atoms with Crippen LogP contribution in [-0.2, 0) is 11.2 Å². The summed E-state index contributed by atoms with van der Waals surface area (Å²) in [5.74, 6) is 2.40. The fraction of sp³-hybridized carbons (Fsp3) is 0.333. The molecule has 6 nitrogen and oxygen atoms in total. The molecule has 2 aliphatic rings. The second-order valence-electron chi connectivity index (χ2n) is 8.55. The van der Waals surface area contributed by atoms with Crippen molar-refractivity contribution in [1.29, 1.82) is 0 Å². The second-order valence-corrected chi connectivity index (χ2v) is 8.55. The molecule has 1 aromatic heterocycles. The van der Waals surface area contributed by atoms with E-state index in [2.05, 4.69) is 24.3 Å². The Morgan fingerprint density at radius 2 is 1.82 bits per heavy atom. The third-order valence-corrected chi connectivity index (χ3v) is 6.27. The number of rotatable bonds is 5. The number of pyridine rings is 1. The molecular formula is C27H28N2O4. The van der Waals surface area contributed by atoms with Gasteiger partial charge < -0.3 is 19.1 Å². The molecule has 1 fully saturated rings. The standard InChI is InChI=1S/C27H28N2O4/c1-18-14-21(20-6-8-22(31-2)9-7-20)17-23(28-18)24-4-3-11-29(24)27(30)16-19-5-10-25-26(15-19)33-13-12-32-25/h5-10,14-15,17,24H,3-4,11-13,16H2,1-2H3/t24-/m0/s1. The summed E-state index contributed by atoms with van der Waals surface area (Å²) in [4.78, 5) is 20.1. The lowest BCUT2D eigenvalue weighted by atomic mass is 10.0. The van der Waals surface area contributed by atoms with Gasteiger partial charge in [0.25, 0.3) is 0 Å². The van der Waals surface area contributed by atoms with Crippen LogP contribution in [0.1, 0.15) is 35.8 Å². The van der Waals surface area contributed by atoms with Crippen LogP contribution < -0.4 is 14.2 Å². The van der Waals surface area contributed by atoms with E-state index in [0.29, 0.717) is 25.4 Å². The number of aromatic nitrogens is 1. The Bertz CT molecular complexity index is 1160. The lowest BCUT2D eigenvalue weighted by molar-refractivity contribution is -0.131.